The SMILES string of the molecule is CCOc1ccc(C(=O)NCC(=O)N/N=C(\C)c2csc3c(F)cccc23)cc1OC. The number of fused-ring (bicyclic) bond motifs is 1. The van der Waals surface area contributed by atoms with Crippen molar-refractivity contribution in [1.82, 2.24) is 10.7 Å². The van der Waals surface area contributed by atoms with Gasteiger partial charge in [-0.25, -0.2) is 9.82 Å². The normalized spacial score (nSPS) is 11.3. The Morgan fingerprint density at radius 2 is 2.00 bits per heavy atom. The lowest BCUT2D eigenvalue weighted by molar-refractivity contribution is -0.120. The number of thiophene rings is 1. The molecule has 0 aliphatic carbocycles. The summed E-state index contributed by atoms with van der Waals surface area (Å²) < 4.78 is 25.0. The molecule has 2 aromatic carbocycles. The largest absolute Gasteiger partial charge is 0.493 e. The van der Waals surface area contributed by atoms with E-state index >= 15 is 0 Å². The van der Waals surface area contributed by atoms with Gasteiger partial charge in [-0.15, -0.1) is 11.3 Å². The van der Waals surface area contributed by atoms with Gasteiger partial charge >= 0.3 is 0 Å². The highest BCUT2D eigenvalue weighted by molar-refractivity contribution is 7.17. The zero-order valence-corrected chi connectivity index (χ0v) is 18.1. The minimum absolute atomic E-state index is 0.260. The van der Waals surface area contributed by atoms with Gasteiger partial charge in [0.15, 0.2) is 11.5 Å². The summed E-state index contributed by atoms with van der Waals surface area (Å²) in [6.07, 6.45) is 0. The standard InChI is InChI=1S/C22H22FN3O4S/c1-4-30-18-9-8-14(10-19(18)29-3)22(28)24-11-20(27)26-25-13(2)16-12-31-21-15(16)6-5-7-17(21)23/h5-10,12H,4,11H2,1-3H3,(H,24,28)(H,26,27)/b25-13+. The summed E-state index contributed by atoms with van der Waals surface area (Å²) in [7, 11) is 1.48. The molecule has 7 nitrogen and oxygen atoms in total. The van der Waals surface area contributed by atoms with Gasteiger partial charge in [0.1, 0.15) is 5.82 Å². The molecule has 1 aromatic heterocycles. The van der Waals surface area contributed by atoms with E-state index < -0.39 is 11.8 Å². The van der Waals surface area contributed by atoms with Crippen molar-refractivity contribution in [3.63, 3.8) is 0 Å². The van der Waals surface area contributed by atoms with Crippen LogP contribution in [0.2, 0.25) is 0 Å². The summed E-state index contributed by atoms with van der Waals surface area (Å²) in [6.45, 7) is 3.78. The van der Waals surface area contributed by atoms with Crippen molar-refractivity contribution < 1.29 is 23.5 Å². The van der Waals surface area contributed by atoms with E-state index in [1.54, 1.807) is 42.6 Å². The Morgan fingerprint density at radius 1 is 1.19 bits per heavy atom. The van der Waals surface area contributed by atoms with Crippen molar-refractivity contribution >= 4 is 38.9 Å². The van der Waals surface area contributed by atoms with Gasteiger partial charge in [-0.05, 0) is 38.1 Å². The average Bonchev–Trinajstić information content (AvgIpc) is 3.22. The summed E-state index contributed by atoms with van der Waals surface area (Å²) in [4.78, 5) is 24.4. The molecule has 1 heterocycles. The maximum absolute atomic E-state index is 13.8. The summed E-state index contributed by atoms with van der Waals surface area (Å²) in [5, 5.41) is 9.13. The van der Waals surface area contributed by atoms with Crippen molar-refractivity contribution in [3.8, 4) is 11.5 Å². The second-order valence-corrected chi connectivity index (χ2v) is 7.36. The Balaban J connectivity index is 1.59. The Morgan fingerprint density at radius 3 is 2.74 bits per heavy atom. The number of nitrogens with zero attached hydrogens (tertiary/aromatic N) is 1. The van der Waals surface area contributed by atoms with E-state index in [9.17, 15) is 14.0 Å². The van der Waals surface area contributed by atoms with E-state index in [-0.39, 0.29) is 12.4 Å². The lowest BCUT2D eigenvalue weighted by atomic mass is 10.1. The molecule has 2 N–H and O–H groups in total. The Kier molecular flexibility index (Phi) is 7.19. The number of halogens is 1. The summed E-state index contributed by atoms with van der Waals surface area (Å²) in [6, 6.07) is 9.60. The molecule has 0 atom stereocenters. The number of hydrogen-bond acceptors (Lipinski definition) is 6. The maximum Gasteiger partial charge on any atom is 0.259 e. The van der Waals surface area contributed by atoms with E-state index in [2.05, 4.69) is 15.8 Å². The first-order valence-electron chi connectivity index (χ1n) is 9.52. The van der Waals surface area contributed by atoms with Gasteiger partial charge in [0.2, 0.25) is 0 Å². The second kappa shape index (κ2) is 10.0. The van der Waals surface area contributed by atoms with Crippen LogP contribution in [-0.4, -0.2) is 37.8 Å². The number of benzene rings is 2. The third-order valence-corrected chi connectivity index (χ3v) is 5.43. The number of hydrazone groups is 1. The zero-order valence-electron chi connectivity index (χ0n) is 17.3. The molecule has 9 heteroatoms. The number of rotatable bonds is 8. The highest BCUT2D eigenvalue weighted by atomic mass is 32.1. The van der Waals surface area contributed by atoms with Crippen molar-refractivity contribution in [2.45, 2.75) is 13.8 Å². The van der Waals surface area contributed by atoms with Crippen LogP contribution in [0.5, 0.6) is 11.5 Å². The number of nitrogens with one attached hydrogen (secondary N) is 2. The molecular formula is C22H22FN3O4S. The summed E-state index contributed by atoms with van der Waals surface area (Å²) in [5.41, 5.74) is 4.01. The van der Waals surface area contributed by atoms with Crippen LogP contribution in [-0.2, 0) is 4.79 Å². The highest BCUT2D eigenvalue weighted by Crippen LogP contribution is 2.29. The van der Waals surface area contributed by atoms with Crippen molar-refractivity contribution in [2.75, 3.05) is 20.3 Å². The molecule has 0 spiro atoms. The number of amides is 2. The summed E-state index contributed by atoms with van der Waals surface area (Å²) in [5.74, 6) is -0.254. The fourth-order valence-electron chi connectivity index (χ4n) is 2.89. The number of ether oxygens (including phenoxy) is 2. The van der Waals surface area contributed by atoms with E-state index in [0.29, 0.717) is 34.1 Å². The molecule has 2 amide bonds. The van der Waals surface area contributed by atoms with Crippen LogP contribution in [0.15, 0.2) is 46.9 Å². The van der Waals surface area contributed by atoms with Crippen LogP contribution in [0, 0.1) is 5.82 Å². The van der Waals surface area contributed by atoms with Gasteiger partial charge in [0.05, 0.1) is 30.7 Å². The van der Waals surface area contributed by atoms with Crippen LogP contribution in [0.25, 0.3) is 10.1 Å². The van der Waals surface area contributed by atoms with Gasteiger partial charge < -0.3 is 14.8 Å². The Bertz CT molecular complexity index is 1140. The summed E-state index contributed by atoms with van der Waals surface area (Å²) >= 11 is 1.28. The number of carbonyl (C=O) groups is 2. The number of hydrogen-bond donors (Lipinski definition) is 2. The van der Waals surface area contributed by atoms with Crippen molar-refractivity contribution in [3.05, 3.63) is 58.7 Å². The fourth-order valence-corrected chi connectivity index (χ4v) is 3.91. The lowest BCUT2D eigenvalue weighted by Crippen LogP contribution is -2.35. The molecule has 162 valence electrons. The van der Waals surface area contributed by atoms with Crippen LogP contribution in [0.4, 0.5) is 4.39 Å². The number of methoxy groups -OCH3 is 1. The van der Waals surface area contributed by atoms with Gasteiger partial charge in [0, 0.05) is 21.9 Å². The molecule has 0 aliphatic rings. The highest BCUT2D eigenvalue weighted by Gasteiger charge is 2.13. The van der Waals surface area contributed by atoms with Gasteiger partial charge in [0.25, 0.3) is 11.8 Å². The zero-order chi connectivity index (χ0) is 22.4. The van der Waals surface area contributed by atoms with Crippen molar-refractivity contribution in [2.24, 2.45) is 5.10 Å². The molecule has 3 aromatic rings. The molecule has 0 unspecified atom stereocenters. The maximum atomic E-state index is 13.8. The van der Waals surface area contributed by atoms with E-state index in [1.165, 1.54) is 24.5 Å². The topological polar surface area (TPSA) is 89.0 Å². The van der Waals surface area contributed by atoms with E-state index in [1.807, 2.05) is 6.92 Å². The lowest BCUT2D eigenvalue weighted by Gasteiger charge is -2.11. The molecule has 31 heavy (non-hydrogen) atoms. The number of carbonyl (C=O) groups excluding carboxylic acids is 2. The van der Waals surface area contributed by atoms with Gasteiger partial charge in [-0.2, -0.15) is 5.10 Å². The Labute approximate surface area is 182 Å². The molecule has 0 fully saturated rings. The fraction of sp³-hybridized carbons (Fsp3) is 0.227. The monoisotopic (exact) mass is 443 g/mol. The van der Waals surface area contributed by atoms with Crippen LogP contribution >= 0.6 is 11.3 Å². The predicted octanol–water partition coefficient (Wildman–Crippen LogP) is 3.72. The minimum Gasteiger partial charge on any atom is -0.493 e. The Hall–Kier alpha value is -3.46. The molecule has 0 radical (unpaired) electrons. The van der Waals surface area contributed by atoms with Gasteiger partial charge in [-0.1, -0.05) is 12.1 Å². The van der Waals surface area contributed by atoms with Crippen LogP contribution < -0.4 is 20.2 Å². The quantitative estimate of drug-likeness (QED) is 0.410. The van der Waals surface area contributed by atoms with Crippen molar-refractivity contribution in [1.29, 1.82) is 0 Å². The molecule has 0 aliphatic heterocycles. The first-order valence-corrected chi connectivity index (χ1v) is 10.4. The second-order valence-electron chi connectivity index (χ2n) is 6.48. The molecule has 0 saturated carbocycles. The minimum atomic E-state index is -0.490. The van der Waals surface area contributed by atoms with E-state index in [4.69, 9.17) is 9.47 Å². The van der Waals surface area contributed by atoms with Crippen LogP contribution in [0.3, 0.4) is 0 Å². The third-order valence-electron chi connectivity index (χ3n) is 4.43. The molecule has 0 bridgehead atoms. The first-order chi connectivity index (χ1) is 14.9. The smallest absolute Gasteiger partial charge is 0.259 e. The first kappa shape index (κ1) is 22.2. The predicted molar refractivity (Wildman–Crippen MR) is 119 cm³/mol. The molecule has 0 saturated heterocycles. The third kappa shape index (κ3) is 5.18. The van der Waals surface area contributed by atoms with E-state index in [0.717, 1.165) is 10.9 Å². The van der Waals surface area contributed by atoms with Gasteiger partial charge in [-0.3, -0.25) is 9.59 Å². The molecular weight excluding hydrogens is 421 g/mol. The molecule has 3 rings (SSSR count). The average molecular weight is 444 g/mol. The van der Waals surface area contributed by atoms with Crippen LogP contribution in [0.1, 0.15) is 29.8 Å².